The van der Waals surface area contributed by atoms with E-state index in [0.29, 0.717) is 102 Å². The van der Waals surface area contributed by atoms with E-state index in [2.05, 4.69) is 19.9 Å². The summed E-state index contributed by atoms with van der Waals surface area (Å²) in [6.07, 6.45) is 5.91. The van der Waals surface area contributed by atoms with Crippen molar-refractivity contribution in [2.24, 2.45) is 0 Å². The number of anilines is 4. The number of methoxy groups -OCH3 is 4. The molecular formula is C103H106F4N8O12. The smallest absolute Gasteiger partial charge is 0.226 e. The molecule has 0 fully saturated rings. The van der Waals surface area contributed by atoms with Crippen molar-refractivity contribution in [2.75, 3.05) is 76.2 Å². The van der Waals surface area contributed by atoms with Gasteiger partial charge in [0, 0.05) is 131 Å². The fourth-order valence-corrected chi connectivity index (χ4v) is 14.0. The van der Waals surface area contributed by atoms with Gasteiger partial charge in [-0.2, -0.15) is 22.5 Å². The molecule has 0 spiro atoms. The van der Waals surface area contributed by atoms with Crippen LogP contribution in [0, 0.1) is 44.6 Å². The minimum Gasteiger partial charge on any atom is -0.496 e. The minimum atomic E-state index is -0.908. The third-order valence-electron chi connectivity index (χ3n) is 21.7. The quantitative estimate of drug-likeness (QED) is 0.0216. The van der Waals surface area contributed by atoms with Crippen LogP contribution in [0.2, 0.25) is 0 Å². The van der Waals surface area contributed by atoms with Crippen molar-refractivity contribution < 1.29 is 74.9 Å². The predicted octanol–water partition coefficient (Wildman–Crippen LogP) is 21.3. The lowest BCUT2D eigenvalue weighted by atomic mass is 9.98. The number of carbonyl (C=O) groups excluding carboxylic acids is 8. The zero-order valence-corrected chi connectivity index (χ0v) is 74.3. The Morgan fingerprint density at radius 1 is 0.299 bits per heavy atom. The molecule has 0 aliphatic heterocycles. The number of aromatic nitrogens is 4. The number of amides is 4. The van der Waals surface area contributed by atoms with Gasteiger partial charge in [-0.15, -0.1) is 0 Å². The number of halogens is 4. The van der Waals surface area contributed by atoms with Crippen LogP contribution in [0.3, 0.4) is 0 Å². The van der Waals surface area contributed by atoms with E-state index in [9.17, 15) is 55.9 Å². The average molecular weight is 1720 g/mol. The number of aryl methyl sites for hydroxylation is 7. The third-order valence-corrected chi connectivity index (χ3v) is 21.7. The number of rotatable bonds is 32. The Labute approximate surface area is 739 Å². The van der Waals surface area contributed by atoms with Crippen LogP contribution in [0.1, 0.15) is 160 Å². The Morgan fingerprint density at radius 3 is 0.843 bits per heavy atom. The van der Waals surface area contributed by atoms with Crippen molar-refractivity contribution >= 4 is 69.5 Å². The Morgan fingerprint density at radius 2 is 0.567 bits per heavy atom. The summed E-state index contributed by atoms with van der Waals surface area (Å²) in [5.41, 5.74) is 18.2. The molecule has 0 N–H and O–H groups in total. The van der Waals surface area contributed by atoms with Gasteiger partial charge in [0.15, 0.2) is 23.1 Å². The first kappa shape index (κ1) is 96.7. The molecule has 0 saturated carbocycles. The van der Waals surface area contributed by atoms with Crippen molar-refractivity contribution in [2.45, 2.75) is 126 Å². The summed E-state index contributed by atoms with van der Waals surface area (Å²) in [5, 5.41) is 0. The minimum absolute atomic E-state index is 0.0265. The van der Waals surface area contributed by atoms with Crippen LogP contribution in [0.25, 0.3) is 44.5 Å². The van der Waals surface area contributed by atoms with Crippen LogP contribution in [-0.4, -0.2) is 123 Å². The number of ketones is 4. The molecule has 0 saturated heterocycles. The Hall–Kier alpha value is -14.2. The summed E-state index contributed by atoms with van der Waals surface area (Å²) >= 11 is 0. The number of ether oxygens (including phenoxy) is 4. The number of carbonyl (C=O) groups is 8. The molecule has 658 valence electrons. The average Bonchev–Trinajstić information content (AvgIpc) is 0.822. The largest absolute Gasteiger partial charge is 0.496 e. The Balaban J connectivity index is 0.000000191. The molecule has 0 aliphatic rings. The van der Waals surface area contributed by atoms with Crippen LogP contribution in [-0.2, 0) is 44.9 Å². The molecule has 8 aromatic carbocycles. The van der Waals surface area contributed by atoms with Crippen molar-refractivity contribution in [1.82, 2.24) is 19.9 Å². The van der Waals surface area contributed by atoms with Gasteiger partial charge in [-0.1, -0.05) is 119 Å². The van der Waals surface area contributed by atoms with Crippen LogP contribution < -0.4 is 38.5 Å². The normalized spacial score (nSPS) is 10.6. The summed E-state index contributed by atoms with van der Waals surface area (Å²) in [7, 11) is 13.2. The van der Waals surface area contributed by atoms with Gasteiger partial charge >= 0.3 is 0 Å². The molecule has 0 unspecified atom stereocenters. The Bertz CT molecular complexity index is 5450. The maximum Gasteiger partial charge on any atom is 0.226 e. The van der Waals surface area contributed by atoms with Gasteiger partial charge in [0.05, 0.1) is 50.7 Å². The van der Waals surface area contributed by atoms with Gasteiger partial charge in [-0.05, 0) is 235 Å². The summed E-state index contributed by atoms with van der Waals surface area (Å²) in [4.78, 5) is 120. The molecule has 4 amide bonds. The molecule has 0 bridgehead atoms. The van der Waals surface area contributed by atoms with Gasteiger partial charge in [0.1, 0.15) is 23.0 Å². The molecule has 127 heavy (non-hydrogen) atoms. The number of hydrogen-bond donors (Lipinski definition) is 0. The van der Waals surface area contributed by atoms with E-state index in [1.165, 1.54) is 38.6 Å². The second kappa shape index (κ2) is 46.5. The second-order valence-electron chi connectivity index (χ2n) is 29.9. The summed E-state index contributed by atoms with van der Waals surface area (Å²) in [5.74, 6) is -0.963. The highest BCUT2D eigenvalue weighted by atomic mass is 19.1. The molecule has 4 aromatic heterocycles. The van der Waals surface area contributed by atoms with Crippen LogP contribution in [0.15, 0.2) is 225 Å². The maximum absolute atomic E-state index is 13.7. The lowest BCUT2D eigenvalue weighted by molar-refractivity contribution is -0.118. The monoisotopic (exact) mass is 1720 g/mol. The molecular weight excluding hydrogens is 1620 g/mol. The van der Waals surface area contributed by atoms with Crippen LogP contribution >= 0.6 is 0 Å². The molecule has 12 aromatic rings. The van der Waals surface area contributed by atoms with Crippen molar-refractivity contribution in [3.05, 3.63) is 310 Å². The number of nitrogens with zero attached hydrogens (tertiary/aromatic N) is 8. The second-order valence-corrected chi connectivity index (χ2v) is 29.9. The predicted molar refractivity (Wildman–Crippen MR) is 490 cm³/mol. The number of hydrogen-bond acceptors (Lipinski definition) is 16. The maximum atomic E-state index is 13.7. The molecule has 4 heterocycles. The number of pyridine rings is 4. The lowest BCUT2D eigenvalue weighted by Gasteiger charge is -2.17. The number of Topliss-reactive ketones (excluding diaryl/α,β-unsaturated/α-hetero) is 4. The van der Waals surface area contributed by atoms with Crippen molar-refractivity contribution in [1.29, 1.82) is 0 Å². The van der Waals surface area contributed by atoms with Gasteiger partial charge in [-0.3, -0.25) is 43.3 Å². The summed E-state index contributed by atoms with van der Waals surface area (Å²) in [6, 6.07) is 64.8. The highest BCUT2D eigenvalue weighted by Crippen LogP contribution is 2.36. The summed E-state index contributed by atoms with van der Waals surface area (Å²) < 4.78 is 74.7. The van der Waals surface area contributed by atoms with E-state index in [0.717, 1.165) is 101 Å². The molecule has 0 aliphatic carbocycles. The first-order valence-corrected chi connectivity index (χ1v) is 41.7. The standard InChI is InChI=1S/C27H30N2O3.C26H27FN2O3.C25H24F2N2O3.C25H25FN2O3/c1-6-27(31)29(4)23-13-9-21(10-14-23)22-11-15-24(26(17-22)32-5)25(30)16-12-20-8-7-18(2)28-19(20)3;1-5-26(31)29(3)21-11-6-19(7-12-21)20-8-13-22(24(16-20)32-4)23(30)14-9-18-10-15-25(27)28-17(18)2;1-4-24(31)29(2)19-10-5-16(6-11-19)18-7-12-20(22(15-18)32-3)21(30)13-8-17-9-14-23(26)28-25(17)27;1-4-25(30)28(2)20-10-7-18(8-11-20)19-9-12-21(23(15-19)31-3)22(29)13-5-17-6-14-24(26)27-16-17/h7-11,13-15,17H,6,12,16H2,1-5H3;6-8,10-13,15-16H,5,9,14H2,1-4H3;5-7,9-12,14-15H,4,8,13H2,1-3H3;6-12,14-16H,4-5,13H2,1-3H3. The SMILES string of the molecule is CCC(=O)N(C)c1ccc(-c2ccc(C(=O)CCc3ccc(C)nc3C)c(OC)c2)cc1.CCC(=O)N(C)c1ccc(-c2ccc(C(=O)CCc3ccc(F)nc3)c(OC)c2)cc1.CCC(=O)N(C)c1ccc(-c2ccc(C(=O)CCc3ccc(F)nc3C)c(OC)c2)cc1.CCC(=O)N(C)c1ccc(-c2ccc(C(=O)CCc3ccc(F)nc3F)c(OC)c2)cc1. The van der Waals surface area contributed by atoms with E-state index >= 15 is 0 Å². The van der Waals surface area contributed by atoms with Gasteiger partial charge in [0.2, 0.25) is 47.4 Å². The third kappa shape index (κ3) is 26.2. The fraction of sp³-hybridized carbons (Fsp3) is 0.262. The van der Waals surface area contributed by atoms with Crippen molar-refractivity contribution in [3.8, 4) is 67.5 Å². The highest BCUT2D eigenvalue weighted by Gasteiger charge is 2.22. The molecule has 20 nitrogen and oxygen atoms in total. The van der Waals surface area contributed by atoms with Crippen molar-refractivity contribution in [3.63, 3.8) is 0 Å². The fourth-order valence-electron chi connectivity index (χ4n) is 14.0. The lowest BCUT2D eigenvalue weighted by Crippen LogP contribution is -2.24. The Kier molecular flexibility index (Phi) is 35.4. The molecule has 12 rings (SSSR count). The van der Waals surface area contributed by atoms with Crippen LogP contribution in [0.5, 0.6) is 23.0 Å². The first-order valence-electron chi connectivity index (χ1n) is 41.7. The highest BCUT2D eigenvalue weighted by molar-refractivity contribution is 6.03. The number of benzene rings is 8. The molecule has 24 heteroatoms. The van der Waals surface area contributed by atoms with Gasteiger partial charge in [-0.25, -0.2) is 9.97 Å². The van der Waals surface area contributed by atoms with E-state index in [1.54, 1.807) is 105 Å². The first-order chi connectivity index (χ1) is 60.9. The summed E-state index contributed by atoms with van der Waals surface area (Å²) in [6.45, 7) is 13.0. The molecule has 0 radical (unpaired) electrons. The van der Waals surface area contributed by atoms with E-state index in [4.69, 9.17) is 18.9 Å². The van der Waals surface area contributed by atoms with E-state index in [-0.39, 0.29) is 78.0 Å². The zero-order valence-electron chi connectivity index (χ0n) is 74.3. The van der Waals surface area contributed by atoms with Gasteiger partial charge < -0.3 is 38.5 Å². The van der Waals surface area contributed by atoms with Gasteiger partial charge in [0.25, 0.3) is 0 Å². The van der Waals surface area contributed by atoms with E-state index in [1.807, 2.05) is 199 Å². The molecule has 0 atom stereocenters. The van der Waals surface area contributed by atoms with E-state index < -0.39 is 23.8 Å². The zero-order chi connectivity index (χ0) is 92.1. The van der Waals surface area contributed by atoms with Crippen LogP contribution in [0.4, 0.5) is 40.3 Å². The topological polar surface area (TPSA) is 238 Å².